The molecule has 0 bridgehead atoms. The quantitative estimate of drug-likeness (QED) is 0.385. The van der Waals surface area contributed by atoms with Crippen LogP contribution in [0.2, 0.25) is 0 Å². The predicted molar refractivity (Wildman–Crippen MR) is 122 cm³/mol. The first kappa shape index (κ1) is 22.8. The van der Waals surface area contributed by atoms with Crippen molar-refractivity contribution in [2.45, 2.75) is 0 Å². The van der Waals surface area contributed by atoms with Gasteiger partial charge in [-0.05, 0) is 42.5 Å². The van der Waals surface area contributed by atoms with Crippen molar-refractivity contribution in [3.63, 3.8) is 0 Å². The second-order valence-corrected chi connectivity index (χ2v) is 7.22. The maximum absolute atomic E-state index is 12.1. The highest BCUT2D eigenvalue weighted by Gasteiger charge is 2.10. The summed E-state index contributed by atoms with van der Waals surface area (Å²) in [4.78, 5) is 28.4. The molecule has 1 heterocycles. The number of methoxy groups -OCH3 is 3. The van der Waals surface area contributed by atoms with E-state index in [0.29, 0.717) is 22.2 Å². The van der Waals surface area contributed by atoms with Gasteiger partial charge in [0.05, 0.1) is 27.0 Å². The molecule has 1 amide bonds. The van der Waals surface area contributed by atoms with Crippen molar-refractivity contribution in [2.75, 3.05) is 33.3 Å². The number of esters is 1. The molecular weight excluding hydrogens is 432 g/mol. The topological polar surface area (TPSA) is 96.0 Å². The van der Waals surface area contributed by atoms with Gasteiger partial charge >= 0.3 is 5.97 Å². The van der Waals surface area contributed by atoms with E-state index in [1.165, 1.54) is 24.5 Å². The molecule has 8 nitrogen and oxygen atoms in total. The summed E-state index contributed by atoms with van der Waals surface area (Å²) in [6, 6.07) is 12.6. The summed E-state index contributed by atoms with van der Waals surface area (Å²) in [5.41, 5.74) is 2.29. The minimum atomic E-state index is -0.656. The SMILES string of the molecule is COc1ccc(-c2csc(NC(=O)COC(=O)/C=C/c3ccc(OC)cc3OC)n2)cc1. The number of hydrogen-bond donors (Lipinski definition) is 1. The average molecular weight is 455 g/mol. The Kier molecular flexibility index (Phi) is 7.82. The van der Waals surface area contributed by atoms with E-state index in [1.54, 1.807) is 38.5 Å². The summed E-state index contributed by atoms with van der Waals surface area (Å²) in [6.45, 7) is -0.430. The molecule has 32 heavy (non-hydrogen) atoms. The molecule has 166 valence electrons. The van der Waals surface area contributed by atoms with E-state index < -0.39 is 18.5 Å². The number of carbonyl (C=O) groups is 2. The third-order valence-electron chi connectivity index (χ3n) is 4.32. The minimum absolute atomic E-state index is 0.412. The highest BCUT2D eigenvalue weighted by molar-refractivity contribution is 7.14. The van der Waals surface area contributed by atoms with Gasteiger partial charge < -0.3 is 18.9 Å². The fourth-order valence-electron chi connectivity index (χ4n) is 2.68. The van der Waals surface area contributed by atoms with Crippen LogP contribution in [0.1, 0.15) is 5.56 Å². The van der Waals surface area contributed by atoms with Gasteiger partial charge in [0.25, 0.3) is 5.91 Å². The van der Waals surface area contributed by atoms with Crippen molar-refractivity contribution < 1.29 is 28.5 Å². The molecule has 3 aromatic rings. The van der Waals surface area contributed by atoms with Crippen LogP contribution in [0.4, 0.5) is 5.13 Å². The number of amides is 1. The molecule has 0 aliphatic carbocycles. The lowest BCUT2D eigenvalue weighted by Crippen LogP contribution is -2.20. The summed E-state index contributed by atoms with van der Waals surface area (Å²) in [6.07, 6.45) is 2.77. The van der Waals surface area contributed by atoms with Gasteiger partial charge in [-0.1, -0.05) is 0 Å². The average Bonchev–Trinajstić information content (AvgIpc) is 3.29. The normalized spacial score (nSPS) is 10.6. The Hall–Kier alpha value is -3.85. The summed E-state index contributed by atoms with van der Waals surface area (Å²) < 4.78 is 20.5. The van der Waals surface area contributed by atoms with Gasteiger partial charge in [0, 0.05) is 28.6 Å². The number of nitrogens with zero attached hydrogens (tertiary/aromatic N) is 1. The largest absolute Gasteiger partial charge is 0.497 e. The van der Waals surface area contributed by atoms with Crippen LogP contribution in [0.25, 0.3) is 17.3 Å². The highest BCUT2D eigenvalue weighted by Crippen LogP contribution is 2.27. The third kappa shape index (κ3) is 6.08. The predicted octanol–water partition coefficient (Wildman–Crippen LogP) is 4.03. The van der Waals surface area contributed by atoms with Gasteiger partial charge in [-0.15, -0.1) is 11.3 Å². The summed E-state index contributed by atoms with van der Waals surface area (Å²) in [7, 11) is 4.68. The molecule has 3 rings (SSSR count). The van der Waals surface area contributed by atoms with E-state index in [1.807, 2.05) is 29.6 Å². The molecule has 0 atom stereocenters. The number of thiazole rings is 1. The maximum Gasteiger partial charge on any atom is 0.331 e. The summed E-state index contributed by atoms with van der Waals surface area (Å²) >= 11 is 1.28. The van der Waals surface area contributed by atoms with Crippen LogP contribution in [0, 0.1) is 0 Å². The first-order valence-corrected chi connectivity index (χ1v) is 10.4. The van der Waals surface area contributed by atoms with Crippen LogP contribution in [0.3, 0.4) is 0 Å². The zero-order valence-electron chi connectivity index (χ0n) is 17.8. The van der Waals surface area contributed by atoms with Crippen molar-refractivity contribution in [2.24, 2.45) is 0 Å². The van der Waals surface area contributed by atoms with Crippen LogP contribution in [-0.2, 0) is 14.3 Å². The smallest absolute Gasteiger partial charge is 0.331 e. The maximum atomic E-state index is 12.1. The molecule has 2 aromatic carbocycles. The number of rotatable bonds is 9. The summed E-state index contributed by atoms with van der Waals surface area (Å²) in [5, 5.41) is 4.86. The Labute approximate surface area is 189 Å². The van der Waals surface area contributed by atoms with E-state index >= 15 is 0 Å². The van der Waals surface area contributed by atoms with Gasteiger partial charge in [-0.2, -0.15) is 0 Å². The second-order valence-electron chi connectivity index (χ2n) is 6.36. The Bertz CT molecular complexity index is 1110. The molecule has 0 unspecified atom stereocenters. The zero-order chi connectivity index (χ0) is 22.9. The molecule has 0 fully saturated rings. The number of carbonyl (C=O) groups excluding carboxylic acids is 2. The summed E-state index contributed by atoms with van der Waals surface area (Å²) in [5.74, 6) is 0.789. The molecule has 0 saturated heterocycles. The van der Waals surface area contributed by atoms with Crippen LogP contribution in [0.5, 0.6) is 17.2 Å². The fraction of sp³-hybridized carbons (Fsp3) is 0.174. The Balaban J connectivity index is 1.51. The Morgan fingerprint density at radius 1 is 1.00 bits per heavy atom. The van der Waals surface area contributed by atoms with E-state index in [-0.39, 0.29) is 0 Å². The molecule has 1 aromatic heterocycles. The number of benzene rings is 2. The first-order chi connectivity index (χ1) is 15.5. The number of hydrogen-bond acceptors (Lipinski definition) is 8. The molecule has 1 N–H and O–H groups in total. The van der Waals surface area contributed by atoms with Crippen LogP contribution < -0.4 is 19.5 Å². The lowest BCUT2D eigenvalue weighted by atomic mass is 10.2. The van der Waals surface area contributed by atoms with Crippen LogP contribution in [-0.4, -0.2) is 44.8 Å². The third-order valence-corrected chi connectivity index (χ3v) is 5.08. The van der Waals surface area contributed by atoms with Crippen LogP contribution in [0.15, 0.2) is 53.9 Å². The van der Waals surface area contributed by atoms with Crippen molar-refractivity contribution in [1.29, 1.82) is 0 Å². The molecule has 9 heteroatoms. The lowest BCUT2D eigenvalue weighted by Gasteiger charge is -2.07. The lowest BCUT2D eigenvalue weighted by molar-refractivity contribution is -0.142. The Morgan fingerprint density at radius 2 is 1.72 bits per heavy atom. The molecule has 0 spiro atoms. The van der Waals surface area contributed by atoms with Crippen molar-refractivity contribution in [3.8, 4) is 28.5 Å². The minimum Gasteiger partial charge on any atom is -0.497 e. The second kappa shape index (κ2) is 11.0. The number of aromatic nitrogens is 1. The van der Waals surface area contributed by atoms with Gasteiger partial charge in [-0.3, -0.25) is 10.1 Å². The monoisotopic (exact) mass is 454 g/mol. The fourth-order valence-corrected chi connectivity index (χ4v) is 3.42. The number of anilines is 1. The van der Waals surface area contributed by atoms with Crippen molar-refractivity contribution in [3.05, 3.63) is 59.5 Å². The number of nitrogens with one attached hydrogen (secondary N) is 1. The van der Waals surface area contributed by atoms with E-state index in [2.05, 4.69) is 10.3 Å². The van der Waals surface area contributed by atoms with Gasteiger partial charge in [0.1, 0.15) is 17.2 Å². The molecule has 0 saturated carbocycles. The molecule has 0 radical (unpaired) electrons. The standard InChI is InChI=1S/C23H22N2O6S/c1-28-17-8-4-15(5-9-17)19-14-32-23(24-19)25-21(26)13-31-22(27)11-7-16-6-10-18(29-2)12-20(16)30-3/h4-12,14H,13H2,1-3H3,(H,24,25,26)/b11-7+. The first-order valence-electron chi connectivity index (χ1n) is 9.49. The van der Waals surface area contributed by atoms with Crippen LogP contribution >= 0.6 is 11.3 Å². The van der Waals surface area contributed by atoms with Gasteiger partial charge in [0.15, 0.2) is 11.7 Å². The zero-order valence-corrected chi connectivity index (χ0v) is 18.6. The highest BCUT2D eigenvalue weighted by atomic mass is 32.1. The molecule has 0 aliphatic heterocycles. The molecule has 0 aliphatic rings. The molecular formula is C23H22N2O6S. The van der Waals surface area contributed by atoms with E-state index in [9.17, 15) is 9.59 Å². The Morgan fingerprint density at radius 3 is 2.41 bits per heavy atom. The van der Waals surface area contributed by atoms with Gasteiger partial charge in [-0.25, -0.2) is 9.78 Å². The number of ether oxygens (including phenoxy) is 4. The van der Waals surface area contributed by atoms with E-state index in [0.717, 1.165) is 17.0 Å². The van der Waals surface area contributed by atoms with E-state index in [4.69, 9.17) is 18.9 Å². The van der Waals surface area contributed by atoms with Crippen molar-refractivity contribution >= 4 is 34.4 Å². The van der Waals surface area contributed by atoms with Crippen molar-refractivity contribution in [1.82, 2.24) is 4.98 Å². The van der Waals surface area contributed by atoms with Gasteiger partial charge in [0.2, 0.25) is 0 Å².